The Balaban J connectivity index is 0.000000500. The molecule has 0 bridgehead atoms. The van der Waals surface area contributed by atoms with Crippen LogP contribution in [0.15, 0.2) is 54.9 Å². The molecule has 0 fully saturated rings. The second kappa shape index (κ2) is 9.27. The summed E-state index contributed by atoms with van der Waals surface area (Å²) in [4.78, 5) is 7.74. The molecule has 1 aromatic carbocycles. The van der Waals surface area contributed by atoms with Crippen molar-refractivity contribution in [1.82, 2.24) is 9.97 Å². The fourth-order valence-corrected chi connectivity index (χ4v) is 2.91. The Bertz CT molecular complexity index is 841. The van der Waals surface area contributed by atoms with Crippen LogP contribution in [0.4, 0.5) is 0 Å². The second-order valence-electron chi connectivity index (χ2n) is 6.90. The molecule has 8 heteroatoms. The molecular weight excluding hydrogens is 382 g/mol. The van der Waals surface area contributed by atoms with E-state index in [9.17, 15) is 0 Å². The van der Waals surface area contributed by atoms with Crippen molar-refractivity contribution in [3.05, 3.63) is 66.2 Å². The lowest BCUT2D eigenvalue weighted by atomic mass is 9.97. The summed E-state index contributed by atoms with van der Waals surface area (Å²) >= 11 is 0. The Kier molecular flexibility index (Phi) is 7.29. The van der Waals surface area contributed by atoms with Crippen molar-refractivity contribution in [2.24, 2.45) is 0 Å². The first-order chi connectivity index (χ1) is 13.1. The molecule has 0 unspecified atom stereocenters. The maximum atomic E-state index is 8.49. The summed E-state index contributed by atoms with van der Waals surface area (Å²) in [5.41, 5.74) is 5.05. The number of nitrogens with one attached hydrogen (secondary N) is 1. The van der Waals surface area contributed by atoms with Gasteiger partial charge in [-0.2, -0.15) is 0 Å². The van der Waals surface area contributed by atoms with Crippen molar-refractivity contribution in [2.75, 3.05) is 0 Å². The van der Waals surface area contributed by atoms with Crippen molar-refractivity contribution in [3.63, 3.8) is 0 Å². The summed E-state index contributed by atoms with van der Waals surface area (Å²) in [6, 6.07) is 15.1. The fraction of sp³-hybridized carbons (Fsp3) is 0.300. The number of pyridine rings is 1. The molecule has 28 heavy (non-hydrogen) atoms. The van der Waals surface area contributed by atoms with E-state index in [-0.39, 0.29) is 0 Å². The number of halogens is 1. The Morgan fingerprint density at radius 2 is 1.36 bits per heavy atom. The minimum atomic E-state index is -4.94. The molecule has 0 aliphatic rings. The van der Waals surface area contributed by atoms with Crippen molar-refractivity contribution < 1.29 is 33.4 Å². The Morgan fingerprint density at radius 1 is 0.857 bits per heavy atom. The predicted octanol–water partition coefficient (Wildman–Crippen LogP) is -0.156. The van der Waals surface area contributed by atoms with Crippen molar-refractivity contribution in [2.45, 2.75) is 39.5 Å². The first kappa shape index (κ1) is 22.0. The van der Waals surface area contributed by atoms with Crippen molar-refractivity contribution in [1.29, 1.82) is 0 Å². The predicted molar refractivity (Wildman–Crippen MR) is 93.7 cm³/mol. The van der Waals surface area contributed by atoms with Gasteiger partial charge in [0.15, 0.2) is 0 Å². The van der Waals surface area contributed by atoms with Gasteiger partial charge in [0.2, 0.25) is 0 Å². The lowest BCUT2D eigenvalue weighted by Crippen LogP contribution is -2.68. The van der Waals surface area contributed by atoms with Crippen LogP contribution in [0, 0.1) is 10.2 Å². The van der Waals surface area contributed by atoms with Crippen LogP contribution >= 0.6 is 0 Å². The Hall–Kier alpha value is -2.29. The molecule has 0 saturated heterocycles. The number of hydrogen-bond donors (Lipinski definition) is 1. The average Bonchev–Trinajstić information content (AvgIpc) is 3.14. The molecule has 2 aromatic heterocycles. The second-order valence-corrected chi connectivity index (χ2v) is 7.65. The highest BCUT2D eigenvalue weighted by Crippen LogP contribution is 2.26. The molecule has 150 valence electrons. The van der Waals surface area contributed by atoms with Crippen LogP contribution in [0.5, 0.6) is 0 Å². The zero-order valence-electron chi connectivity index (χ0n) is 16.3. The number of aromatic amines is 1. The largest absolute Gasteiger partial charge is 0.401 e. The van der Waals surface area contributed by atoms with E-state index in [0.29, 0.717) is 11.8 Å². The van der Waals surface area contributed by atoms with Gasteiger partial charge >= 0.3 is 5.95 Å². The quantitative estimate of drug-likeness (QED) is 0.604. The maximum Gasteiger partial charge on any atom is 0.401 e. The van der Waals surface area contributed by atoms with Gasteiger partial charge in [0, 0.05) is 11.8 Å². The smallest absolute Gasteiger partial charge is 0.245 e. The van der Waals surface area contributed by atoms with E-state index < -0.39 is 10.2 Å². The highest BCUT2D eigenvalue weighted by Gasteiger charge is 2.23. The standard InChI is InChI=1S/C20H24N3.ClHO4/c1-14(2)18-12-17(16-8-6-5-7-9-16)13-19(15(3)4)23(18)20-21-10-11-22-20;2-1(3,4)5/h5-15H,1-4H3,(H,21,22);(H,2,3,4,5)/q+1;/p-1. The van der Waals surface area contributed by atoms with E-state index in [1.807, 2.05) is 12.4 Å². The molecule has 0 aliphatic heterocycles. The summed E-state index contributed by atoms with van der Waals surface area (Å²) in [5.74, 6) is 1.69. The van der Waals surface area contributed by atoms with Gasteiger partial charge in [-0.3, -0.25) is 0 Å². The zero-order chi connectivity index (χ0) is 20.9. The number of rotatable bonds is 4. The van der Waals surface area contributed by atoms with Crippen LogP contribution < -0.4 is 23.2 Å². The SMILES string of the molecule is CC(C)c1cc(-c2ccccc2)cc(C(C)C)[n+]1-c1ncc[nH]1.[O-][Cl+3]([O-])([O-])[O-]. The molecule has 0 amide bonds. The number of nitrogens with zero attached hydrogens (tertiary/aromatic N) is 2. The number of aromatic nitrogens is 3. The minimum absolute atomic E-state index is 0.404. The van der Waals surface area contributed by atoms with E-state index >= 15 is 0 Å². The lowest BCUT2D eigenvalue weighted by Gasteiger charge is -2.18. The molecule has 0 saturated carbocycles. The van der Waals surface area contributed by atoms with Crippen LogP contribution in [0.3, 0.4) is 0 Å². The molecule has 2 heterocycles. The summed E-state index contributed by atoms with van der Waals surface area (Å²) in [6.07, 6.45) is 3.68. The molecular formula is C20H24ClN3O4. The van der Waals surface area contributed by atoms with Crippen LogP contribution in [0.1, 0.15) is 50.9 Å². The van der Waals surface area contributed by atoms with Gasteiger partial charge in [-0.05, 0) is 23.3 Å². The van der Waals surface area contributed by atoms with E-state index in [1.54, 1.807) is 0 Å². The third kappa shape index (κ3) is 6.12. The molecule has 0 atom stereocenters. The number of H-pyrrole nitrogens is 1. The van der Waals surface area contributed by atoms with Crippen LogP contribution in [0.25, 0.3) is 17.1 Å². The van der Waals surface area contributed by atoms with Crippen molar-refractivity contribution >= 4 is 0 Å². The van der Waals surface area contributed by atoms with E-state index in [1.165, 1.54) is 22.5 Å². The van der Waals surface area contributed by atoms with E-state index in [0.717, 1.165) is 5.95 Å². The molecule has 3 aromatic rings. The molecule has 7 nitrogen and oxygen atoms in total. The van der Waals surface area contributed by atoms with Crippen LogP contribution in [-0.4, -0.2) is 9.97 Å². The Morgan fingerprint density at radius 3 is 1.75 bits per heavy atom. The van der Waals surface area contributed by atoms with Gasteiger partial charge < -0.3 is 0 Å². The van der Waals surface area contributed by atoms with E-state index in [2.05, 4.69) is 84.7 Å². The molecule has 3 rings (SSSR count). The monoisotopic (exact) mass is 405 g/mol. The topological polar surface area (TPSA) is 125 Å². The normalized spacial score (nSPS) is 11.5. The van der Waals surface area contributed by atoms with Gasteiger partial charge in [0.25, 0.3) is 0 Å². The van der Waals surface area contributed by atoms with Crippen LogP contribution in [0.2, 0.25) is 0 Å². The van der Waals surface area contributed by atoms with Gasteiger partial charge in [-0.1, -0.05) is 63.0 Å². The zero-order valence-corrected chi connectivity index (χ0v) is 17.0. The number of hydrogen-bond acceptors (Lipinski definition) is 5. The van der Waals surface area contributed by atoms with Gasteiger partial charge in [-0.15, -0.1) is 10.2 Å². The fourth-order valence-electron chi connectivity index (χ4n) is 2.91. The summed E-state index contributed by atoms with van der Waals surface area (Å²) in [6.45, 7) is 8.92. The van der Waals surface area contributed by atoms with Crippen molar-refractivity contribution in [3.8, 4) is 17.1 Å². The summed E-state index contributed by atoms with van der Waals surface area (Å²) in [7, 11) is -4.94. The number of benzene rings is 1. The first-order valence-corrected chi connectivity index (χ1v) is 10.1. The summed E-state index contributed by atoms with van der Waals surface area (Å²) in [5, 5.41) is 0. The minimum Gasteiger partial charge on any atom is -0.245 e. The molecule has 0 spiro atoms. The average molecular weight is 406 g/mol. The Labute approximate surface area is 166 Å². The molecule has 0 aliphatic carbocycles. The third-order valence-corrected chi connectivity index (χ3v) is 4.11. The van der Waals surface area contributed by atoms with E-state index in [4.69, 9.17) is 18.6 Å². The first-order valence-electron chi connectivity index (χ1n) is 8.84. The lowest BCUT2D eigenvalue weighted by molar-refractivity contribution is -2.00. The highest BCUT2D eigenvalue weighted by molar-refractivity contribution is 5.63. The van der Waals surface area contributed by atoms with Gasteiger partial charge in [0.05, 0.1) is 17.6 Å². The molecule has 0 radical (unpaired) electrons. The van der Waals surface area contributed by atoms with Gasteiger partial charge in [-0.25, -0.2) is 28.2 Å². The summed E-state index contributed by atoms with van der Waals surface area (Å²) < 4.78 is 36.2. The number of imidazole rings is 1. The molecule has 1 N–H and O–H groups in total. The maximum absolute atomic E-state index is 8.49. The van der Waals surface area contributed by atoms with Crippen LogP contribution in [-0.2, 0) is 0 Å². The highest BCUT2D eigenvalue weighted by atomic mass is 35.7. The van der Waals surface area contributed by atoms with Gasteiger partial charge in [0.1, 0.15) is 6.20 Å². The third-order valence-electron chi connectivity index (χ3n) is 4.11.